The summed E-state index contributed by atoms with van der Waals surface area (Å²) in [6.45, 7) is 0. The lowest BCUT2D eigenvalue weighted by molar-refractivity contribution is 0.324. The van der Waals surface area contributed by atoms with E-state index < -0.39 is 0 Å². The van der Waals surface area contributed by atoms with E-state index in [0.29, 0.717) is 34.4 Å². The molecule has 0 fully saturated rings. The monoisotopic (exact) mass is 454 g/mol. The van der Waals surface area contributed by atoms with Crippen molar-refractivity contribution in [3.8, 4) is 28.7 Å². The molecule has 0 heterocycles. The second kappa shape index (κ2) is 10.6. The molecule has 0 radical (unpaired) electrons. The minimum Gasteiger partial charge on any atom is -0.503 e. The molecule has 0 saturated carbocycles. The molecule has 168 valence electrons. The molecule has 7 nitrogen and oxygen atoms in total. The first kappa shape index (κ1) is 23.0. The zero-order valence-corrected chi connectivity index (χ0v) is 19.2. The summed E-state index contributed by atoms with van der Waals surface area (Å²) in [6.07, 6.45) is 3.81. The van der Waals surface area contributed by atoms with Gasteiger partial charge in [-0.1, -0.05) is 12.2 Å². The Labute approximate surface area is 191 Å². The molecule has 0 amide bonds. The number of ether oxygens (including phenoxy) is 4. The molecule has 4 N–H and O–H groups in total. The van der Waals surface area contributed by atoms with E-state index >= 15 is 0 Å². The van der Waals surface area contributed by atoms with Crippen LogP contribution in [0.3, 0.4) is 0 Å². The van der Waals surface area contributed by atoms with Gasteiger partial charge in [0.15, 0.2) is 23.0 Å². The molecular formula is C24H26N2O5S. The van der Waals surface area contributed by atoms with Crippen LogP contribution in [0.15, 0.2) is 53.4 Å². The van der Waals surface area contributed by atoms with Gasteiger partial charge in [-0.15, -0.1) is 0 Å². The zero-order chi connectivity index (χ0) is 23.1. The predicted octanol–water partition coefficient (Wildman–Crippen LogP) is 5.30. The van der Waals surface area contributed by atoms with Gasteiger partial charge >= 0.3 is 0 Å². The van der Waals surface area contributed by atoms with Crippen LogP contribution < -0.4 is 29.4 Å². The average molecular weight is 455 g/mol. The first-order valence-corrected chi connectivity index (χ1v) is 10.5. The highest BCUT2D eigenvalue weighted by atomic mass is 32.2. The molecule has 0 aliphatic heterocycles. The molecule has 0 atom stereocenters. The standard InChI is InChI=1S/C24H26N2O5S/c1-28-20-12-15(5-6-16-13-21(29-2)24(31-4)22(14-16)30-3)11-19(23(20)27)26-32-18-9-7-17(25)8-10-18/h5-14,26-27H,25H2,1-4H3/b6-5-. The molecule has 3 aromatic carbocycles. The number of nitrogens with one attached hydrogen (secondary N) is 1. The molecule has 3 rings (SSSR count). The van der Waals surface area contributed by atoms with E-state index in [1.54, 1.807) is 27.4 Å². The van der Waals surface area contributed by atoms with Crippen LogP contribution in [0.1, 0.15) is 11.1 Å². The van der Waals surface area contributed by atoms with Crippen LogP contribution in [0.4, 0.5) is 11.4 Å². The van der Waals surface area contributed by atoms with Crippen LogP contribution >= 0.6 is 11.9 Å². The van der Waals surface area contributed by atoms with E-state index in [-0.39, 0.29) is 5.75 Å². The van der Waals surface area contributed by atoms with Crippen molar-refractivity contribution >= 4 is 35.5 Å². The lowest BCUT2D eigenvalue weighted by Gasteiger charge is -2.13. The Balaban J connectivity index is 1.88. The van der Waals surface area contributed by atoms with Crippen LogP contribution in [-0.4, -0.2) is 33.5 Å². The maximum Gasteiger partial charge on any atom is 0.203 e. The Kier molecular flexibility index (Phi) is 7.62. The number of hydrogen-bond acceptors (Lipinski definition) is 8. The first-order valence-electron chi connectivity index (χ1n) is 9.66. The number of benzene rings is 3. The molecular weight excluding hydrogens is 428 g/mol. The Bertz CT molecular complexity index is 1080. The minimum absolute atomic E-state index is 0.0281. The van der Waals surface area contributed by atoms with Crippen molar-refractivity contribution in [1.82, 2.24) is 0 Å². The zero-order valence-electron chi connectivity index (χ0n) is 18.3. The van der Waals surface area contributed by atoms with Crippen molar-refractivity contribution in [1.29, 1.82) is 0 Å². The summed E-state index contributed by atoms with van der Waals surface area (Å²) in [6, 6.07) is 14.7. The fourth-order valence-electron chi connectivity index (χ4n) is 3.00. The predicted molar refractivity (Wildman–Crippen MR) is 130 cm³/mol. The fraction of sp³-hybridized carbons (Fsp3) is 0.167. The normalized spacial score (nSPS) is 10.8. The van der Waals surface area contributed by atoms with E-state index in [1.165, 1.54) is 19.1 Å². The van der Waals surface area contributed by atoms with Gasteiger partial charge in [0.2, 0.25) is 5.75 Å². The van der Waals surface area contributed by atoms with Gasteiger partial charge in [0.25, 0.3) is 0 Å². The molecule has 0 saturated heterocycles. The van der Waals surface area contributed by atoms with Crippen molar-refractivity contribution < 1.29 is 24.1 Å². The van der Waals surface area contributed by atoms with Crippen LogP contribution in [0.5, 0.6) is 28.7 Å². The summed E-state index contributed by atoms with van der Waals surface area (Å²) >= 11 is 1.36. The summed E-state index contributed by atoms with van der Waals surface area (Å²) < 4.78 is 24.7. The number of aromatic hydroxyl groups is 1. The number of nitrogen functional groups attached to an aromatic ring is 1. The molecule has 32 heavy (non-hydrogen) atoms. The van der Waals surface area contributed by atoms with Gasteiger partial charge in [0.05, 0.1) is 34.1 Å². The number of methoxy groups -OCH3 is 4. The van der Waals surface area contributed by atoms with Gasteiger partial charge < -0.3 is 34.5 Å². The topological polar surface area (TPSA) is 95.2 Å². The number of phenols is 1. The minimum atomic E-state index is 0.0281. The number of anilines is 2. The third-order valence-corrected chi connectivity index (χ3v) is 5.46. The maximum absolute atomic E-state index is 10.5. The highest BCUT2D eigenvalue weighted by Crippen LogP contribution is 2.40. The van der Waals surface area contributed by atoms with Gasteiger partial charge in [-0.05, 0) is 71.6 Å². The third kappa shape index (κ3) is 5.33. The van der Waals surface area contributed by atoms with Crippen LogP contribution in [0, 0.1) is 0 Å². The first-order chi connectivity index (χ1) is 15.5. The number of nitrogens with two attached hydrogens (primary N) is 1. The van der Waals surface area contributed by atoms with E-state index in [9.17, 15) is 5.11 Å². The number of hydrogen-bond donors (Lipinski definition) is 3. The van der Waals surface area contributed by atoms with Crippen molar-refractivity contribution in [2.45, 2.75) is 4.90 Å². The molecule has 0 unspecified atom stereocenters. The molecule has 0 bridgehead atoms. The van der Waals surface area contributed by atoms with Gasteiger partial charge in [-0.3, -0.25) is 0 Å². The lowest BCUT2D eigenvalue weighted by atomic mass is 10.1. The number of rotatable bonds is 9. The van der Waals surface area contributed by atoms with Crippen LogP contribution in [0.2, 0.25) is 0 Å². The van der Waals surface area contributed by atoms with E-state index in [0.717, 1.165) is 16.0 Å². The Hall–Kier alpha value is -3.65. The quantitative estimate of drug-likeness (QED) is 0.174. The van der Waals surface area contributed by atoms with Gasteiger partial charge in [-0.25, -0.2) is 0 Å². The Morgan fingerprint density at radius 1 is 0.781 bits per heavy atom. The van der Waals surface area contributed by atoms with E-state index in [2.05, 4.69) is 4.72 Å². The van der Waals surface area contributed by atoms with Gasteiger partial charge in [-0.2, -0.15) is 0 Å². The van der Waals surface area contributed by atoms with E-state index in [4.69, 9.17) is 24.7 Å². The van der Waals surface area contributed by atoms with E-state index in [1.807, 2.05) is 54.6 Å². The molecule has 0 aliphatic carbocycles. The van der Waals surface area contributed by atoms with Gasteiger partial charge in [0, 0.05) is 10.6 Å². The smallest absolute Gasteiger partial charge is 0.203 e. The summed E-state index contributed by atoms with van der Waals surface area (Å²) in [4.78, 5) is 0.955. The summed E-state index contributed by atoms with van der Waals surface area (Å²) in [5.74, 6) is 2.05. The highest BCUT2D eigenvalue weighted by molar-refractivity contribution is 8.00. The Morgan fingerprint density at radius 3 is 1.84 bits per heavy atom. The fourth-order valence-corrected chi connectivity index (χ4v) is 3.65. The number of phenolic OH excluding ortho intramolecular Hbond substituents is 1. The third-order valence-electron chi connectivity index (χ3n) is 4.63. The maximum atomic E-state index is 10.5. The molecule has 0 aromatic heterocycles. The lowest BCUT2D eigenvalue weighted by Crippen LogP contribution is -1.95. The highest BCUT2D eigenvalue weighted by Gasteiger charge is 2.13. The second-order valence-corrected chi connectivity index (χ2v) is 7.56. The van der Waals surface area contributed by atoms with Gasteiger partial charge in [0.1, 0.15) is 0 Å². The van der Waals surface area contributed by atoms with Crippen molar-refractivity contribution in [3.05, 3.63) is 59.7 Å². The molecule has 0 spiro atoms. The van der Waals surface area contributed by atoms with Crippen LogP contribution in [0.25, 0.3) is 12.2 Å². The molecule has 8 heteroatoms. The summed E-state index contributed by atoms with van der Waals surface area (Å²) in [5, 5.41) is 10.5. The second-order valence-electron chi connectivity index (χ2n) is 6.68. The van der Waals surface area contributed by atoms with Crippen molar-refractivity contribution in [3.63, 3.8) is 0 Å². The van der Waals surface area contributed by atoms with Crippen LogP contribution in [-0.2, 0) is 0 Å². The van der Waals surface area contributed by atoms with Crippen molar-refractivity contribution in [2.75, 3.05) is 38.9 Å². The molecule has 0 aliphatic rings. The SMILES string of the molecule is COc1cc(/C=C\c2cc(OC)c(OC)c(OC)c2)cc(NSc2ccc(N)cc2)c1O. The molecule has 3 aromatic rings. The summed E-state index contributed by atoms with van der Waals surface area (Å²) in [7, 11) is 6.23. The largest absolute Gasteiger partial charge is 0.503 e. The summed E-state index contributed by atoms with van der Waals surface area (Å²) in [5.41, 5.74) is 8.64. The van der Waals surface area contributed by atoms with Crippen molar-refractivity contribution in [2.24, 2.45) is 0 Å². The average Bonchev–Trinajstić information content (AvgIpc) is 2.82. The Morgan fingerprint density at radius 2 is 1.31 bits per heavy atom.